The molecule has 0 fully saturated rings. The first-order chi connectivity index (χ1) is 12.6. The molecule has 5 nitrogen and oxygen atoms in total. The summed E-state index contributed by atoms with van der Waals surface area (Å²) in [5, 5.41) is 9.01. The Bertz CT molecular complexity index is 915. The van der Waals surface area contributed by atoms with E-state index in [0.29, 0.717) is 13.0 Å². The molecule has 0 atom stereocenters. The van der Waals surface area contributed by atoms with Gasteiger partial charge in [0.05, 0.1) is 12.1 Å². The van der Waals surface area contributed by atoms with E-state index in [1.54, 1.807) is 29.1 Å². The summed E-state index contributed by atoms with van der Waals surface area (Å²) in [6.45, 7) is 4.52. The van der Waals surface area contributed by atoms with Crippen LogP contribution in [0.1, 0.15) is 40.9 Å². The number of carbonyl (C=O) groups is 1. The zero-order valence-corrected chi connectivity index (χ0v) is 14.9. The molecule has 26 heavy (non-hydrogen) atoms. The number of carboxylic acids is 1. The van der Waals surface area contributed by atoms with Crippen molar-refractivity contribution in [1.82, 2.24) is 9.55 Å². The largest absolute Gasteiger partial charge is 0.478 e. The van der Waals surface area contributed by atoms with Crippen LogP contribution < -0.4 is 5.56 Å². The van der Waals surface area contributed by atoms with E-state index in [9.17, 15) is 9.59 Å². The van der Waals surface area contributed by atoms with Gasteiger partial charge in [0, 0.05) is 24.7 Å². The SMILES string of the molecule is CC.O=C(O)c1cncc(Cc2ccc(Cn3ccccc3=O)cc2)c1. The van der Waals surface area contributed by atoms with Crippen molar-refractivity contribution < 1.29 is 9.90 Å². The van der Waals surface area contributed by atoms with Gasteiger partial charge in [-0.05, 0) is 35.2 Å². The summed E-state index contributed by atoms with van der Waals surface area (Å²) in [6, 6.07) is 14.6. The Morgan fingerprint density at radius 3 is 2.35 bits per heavy atom. The fourth-order valence-electron chi connectivity index (χ4n) is 2.49. The molecule has 0 spiro atoms. The summed E-state index contributed by atoms with van der Waals surface area (Å²) in [5.74, 6) is -0.979. The average Bonchev–Trinajstić information content (AvgIpc) is 2.67. The lowest BCUT2D eigenvalue weighted by atomic mass is 10.0. The van der Waals surface area contributed by atoms with Crippen LogP contribution in [0, 0.1) is 0 Å². The summed E-state index contributed by atoms with van der Waals surface area (Å²) in [5.41, 5.74) is 3.10. The third kappa shape index (κ3) is 5.14. The van der Waals surface area contributed by atoms with Crippen LogP contribution in [0.15, 0.2) is 71.9 Å². The number of hydrogen-bond acceptors (Lipinski definition) is 3. The first-order valence-corrected chi connectivity index (χ1v) is 8.52. The van der Waals surface area contributed by atoms with Crippen LogP contribution in [-0.2, 0) is 13.0 Å². The highest BCUT2D eigenvalue weighted by Crippen LogP contribution is 2.12. The molecule has 5 heteroatoms. The molecular weight excluding hydrogens is 328 g/mol. The van der Waals surface area contributed by atoms with E-state index in [0.717, 1.165) is 16.7 Å². The molecule has 2 aromatic heterocycles. The molecule has 3 rings (SSSR count). The normalized spacial score (nSPS) is 9.92. The minimum Gasteiger partial charge on any atom is -0.478 e. The van der Waals surface area contributed by atoms with Gasteiger partial charge >= 0.3 is 5.97 Å². The van der Waals surface area contributed by atoms with E-state index < -0.39 is 5.97 Å². The van der Waals surface area contributed by atoms with Gasteiger partial charge in [0.25, 0.3) is 5.56 Å². The highest BCUT2D eigenvalue weighted by Gasteiger charge is 2.05. The number of benzene rings is 1. The monoisotopic (exact) mass is 350 g/mol. The number of carboxylic acid groups (broad SMARTS) is 1. The van der Waals surface area contributed by atoms with Gasteiger partial charge in [-0.3, -0.25) is 9.78 Å². The number of aromatic carboxylic acids is 1. The smallest absolute Gasteiger partial charge is 0.337 e. The lowest BCUT2D eigenvalue weighted by Gasteiger charge is -2.07. The number of aromatic nitrogens is 2. The van der Waals surface area contributed by atoms with E-state index in [1.807, 2.05) is 44.2 Å². The van der Waals surface area contributed by atoms with Crippen molar-refractivity contribution in [3.8, 4) is 0 Å². The van der Waals surface area contributed by atoms with Crippen LogP contribution in [0.25, 0.3) is 0 Å². The van der Waals surface area contributed by atoms with Crippen molar-refractivity contribution in [1.29, 1.82) is 0 Å². The number of nitrogens with zero attached hydrogens (tertiary/aromatic N) is 2. The van der Waals surface area contributed by atoms with Crippen molar-refractivity contribution in [3.05, 3.63) is 99.7 Å². The molecule has 2 heterocycles. The van der Waals surface area contributed by atoms with Gasteiger partial charge in [-0.1, -0.05) is 44.2 Å². The molecule has 0 amide bonds. The first-order valence-electron chi connectivity index (χ1n) is 8.52. The minimum absolute atomic E-state index is 0.0295. The fourth-order valence-corrected chi connectivity index (χ4v) is 2.49. The van der Waals surface area contributed by atoms with E-state index in [1.165, 1.54) is 12.3 Å². The maximum atomic E-state index is 11.7. The predicted molar refractivity (Wildman–Crippen MR) is 102 cm³/mol. The van der Waals surface area contributed by atoms with Gasteiger partial charge < -0.3 is 9.67 Å². The Hall–Kier alpha value is -3.21. The average molecular weight is 350 g/mol. The van der Waals surface area contributed by atoms with Gasteiger partial charge in [-0.15, -0.1) is 0 Å². The molecule has 0 bridgehead atoms. The van der Waals surface area contributed by atoms with Gasteiger partial charge in [0.2, 0.25) is 0 Å². The summed E-state index contributed by atoms with van der Waals surface area (Å²) in [4.78, 5) is 26.7. The Kier molecular flexibility index (Phi) is 6.85. The summed E-state index contributed by atoms with van der Waals surface area (Å²) in [7, 11) is 0. The van der Waals surface area contributed by atoms with Gasteiger partial charge in [-0.25, -0.2) is 4.79 Å². The number of rotatable bonds is 5. The Balaban J connectivity index is 0.00000117. The maximum Gasteiger partial charge on any atom is 0.337 e. The fraction of sp³-hybridized carbons (Fsp3) is 0.190. The molecule has 0 aliphatic heterocycles. The van der Waals surface area contributed by atoms with Crippen molar-refractivity contribution in [2.45, 2.75) is 26.8 Å². The third-order valence-corrected chi connectivity index (χ3v) is 3.72. The van der Waals surface area contributed by atoms with E-state index in [2.05, 4.69) is 4.98 Å². The summed E-state index contributed by atoms with van der Waals surface area (Å²) >= 11 is 0. The van der Waals surface area contributed by atoms with Crippen LogP contribution in [0.2, 0.25) is 0 Å². The van der Waals surface area contributed by atoms with E-state index in [4.69, 9.17) is 5.11 Å². The zero-order valence-electron chi connectivity index (χ0n) is 14.9. The Labute approximate surface area is 152 Å². The topological polar surface area (TPSA) is 72.2 Å². The molecule has 0 saturated heterocycles. The molecule has 0 saturated carbocycles. The van der Waals surface area contributed by atoms with Crippen LogP contribution in [0.5, 0.6) is 0 Å². The van der Waals surface area contributed by atoms with E-state index in [-0.39, 0.29) is 11.1 Å². The summed E-state index contributed by atoms with van der Waals surface area (Å²) in [6.07, 6.45) is 5.38. The lowest BCUT2D eigenvalue weighted by Crippen LogP contribution is -2.18. The molecule has 3 aromatic rings. The zero-order chi connectivity index (χ0) is 18.9. The Morgan fingerprint density at radius 1 is 1.00 bits per heavy atom. The van der Waals surface area contributed by atoms with E-state index >= 15 is 0 Å². The van der Waals surface area contributed by atoms with Crippen LogP contribution in [0.3, 0.4) is 0 Å². The van der Waals surface area contributed by atoms with Gasteiger partial charge in [-0.2, -0.15) is 0 Å². The van der Waals surface area contributed by atoms with Crippen LogP contribution in [-0.4, -0.2) is 20.6 Å². The second-order valence-electron chi connectivity index (χ2n) is 5.55. The number of pyridine rings is 2. The molecule has 1 aromatic carbocycles. The molecule has 0 unspecified atom stereocenters. The number of hydrogen-bond donors (Lipinski definition) is 1. The molecule has 1 N–H and O–H groups in total. The molecular formula is C21H22N2O3. The third-order valence-electron chi connectivity index (χ3n) is 3.72. The molecule has 134 valence electrons. The van der Waals surface area contributed by atoms with Gasteiger partial charge in [0.1, 0.15) is 0 Å². The van der Waals surface area contributed by atoms with Crippen molar-refractivity contribution in [3.63, 3.8) is 0 Å². The highest BCUT2D eigenvalue weighted by atomic mass is 16.4. The minimum atomic E-state index is -0.979. The van der Waals surface area contributed by atoms with Crippen LogP contribution in [0.4, 0.5) is 0 Å². The lowest BCUT2D eigenvalue weighted by molar-refractivity contribution is 0.0696. The highest BCUT2D eigenvalue weighted by molar-refractivity contribution is 5.87. The summed E-state index contributed by atoms with van der Waals surface area (Å²) < 4.78 is 1.65. The second kappa shape index (κ2) is 9.32. The molecule has 0 aliphatic rings. The van der Waals surface area contributed by atoms with Gasteiger partial charge in [0.15, 0.2) is 0 Å². The molecule has 0 radical (unpaired) electrons. The quantitative estimate of drug-likeness (QED) is 0.763. The van der Waals surface area contributed by atoms with Crippen LogP contribution >= 0.6 is 0 Å². The van der Waals surface area contributed by atoms with Crippen molar-refractivity contribution in [2.75, 3.05) is 0 Å². The van der Waals surface area contributed by atoms with Crippen molar-refractivity contribution >= 4 is 5.97 Å². The standard InChI is InChI=1S/C19H16N2O3.C2H6/c22-18-3-1-2-8-21(18)13-15-6-4-14(5-7-15)9-16-10-17(19(23)24)12-20-11-16;1-2/h1-8,10-12H,9,13H2,(H,23,24);1-2H3. The second-order valence-corrected chi connectivity index (χ2v) is 5.55. The maximum absolute atomic E-state index is 11.7. The first kappa shape index (κ1) is 19.1. The Morgan fingerprint density at radius 2 is 1.69 bits per heavy atom. The predicted octanol–water partition coefficient (Wildman–Crippen LogP) is 3.61. The molecule has 0 aliphatic carbocycles. The van der Waals surface area contributed by atoms with Crippen molar-refractivity contribution in [2.24, 2.45) is 0 Å².